The Morgan fingerprint density at radius 2 is 1.87 bits per heavy atom. The van der Waals surface area contributed by atoms with Gasteiger partial charge in [0.2, 0.25) is 5.91 Å². The van der Waals surface area contributed by atoms with Crippen molar-refractivity contribution >= 4 is 35.0 Å². The standard InChI is InChI=1S/C15H10ClF4NOS/c16-10-6-5-9(15(18,19)20)7-12(10)21-14(22)8-23-13-4-2-1-3-11(13)17/h1-7H,8H2,(H,21,22). The van der Waals surface area contributed by atoms with Crippen LogP contribution in [0.2, 0.25) is 5.02 Å². The van der Waals surface area contributed by atoms with Crippen molar-refractivity contribution in [3.8, 4) is 0 Å². The highest BCUT2D eigenvalue weighted by molar-refractivity contribution is 8.00. The number of thioether (sulfide) groups is 1. The molecule has 1 N–H and O–H groups in total. The molecule has 2 aromatic carbocycles. The van der Waals surface area contributed by atoms with Crippen molar-refractivity contribution in [3.63, 3.8) is 0 Å². The molecule has 122 valence electrons. The normalized spacial score (nSPS) is 11.3. The minimum Gasteiger partial charge on any atom is -0.324 e. The Labute approximate surface area is 138 Å². The van der Waals surface area contributed by atoms with Crippen LogP contribution in [0.4, 0.5) is 23.2 Å². The predicted molar refractivity (Wildman–Crippen MR) is 82.2 cm³/mol. The van der Waals surface area contributed by atoms with E-state index in [0.29, 0.717) is 0 Å². The smallest absolute Gasteiger partial charge is 0.324 e. The summed E-state index contributed by atoms with van der Waals surface area (Å²) in [7, 11) is 0. The molecular formula is C15H10ClF4NOS. The maximum Gasteiger partial charge on any atom is 0.416 e. The molecule has 0 saturated heterocycles. The number of amides is 1. The van der Waals surface area contributed by atoms with Crippen molar-refractivity contribution < 1.29 is 22.4 Å². The van der Waals surface area contributed by atoms with Crippen LogP contribution in [0, 0.1) is 5.82 Å². The highest BCUT2D eigenvalue weighted by Crippen LogP contribution is 2.34. The number of hydrogen-bond donors (Lipinski definition) is 1. The molecule has 0 atom stereocenters. The largest absolute Gasteiger partial charge is 0.416 e. The molecule has 0 aliphatic heterocycles. The van der Waals surface area contributed by atoms with E-state index in [1.807, 2.05) is 0 Å². The quantitative estimate of drug-likeness (QED) is 0.595. The van der Waals surface area contributed by atoms with Crippen molar-refractivity contribution in [1.82, 2.24) is 0 Å². The molecule has 0 bridgehead atoms. The molecule has 1 amide bonds. The van der Waals surface area contributed by atoms with E-state index in [9.17, 15) is 22.4 Å². The maximum atomic E-state index is 13.4. The second-order valence-corrected chi connectivity index (χ2v) is 5.88. The first-order chi connectivity index (χ1) is 10.8. The summed E-state index contributed by atoms with van der Waals surface area (Å²) >= 11 is 6.72. The summed E-state index contributed by atoms with van der Waals surface area (Å²) in [5, 5.41) is 2.29. The third-order valence-electron chi connectivity index (χ3n) is 2.76. The number of rotatable bonds is 4. The molecule has 0 heterocycles. The van der Waals surface area contributed by atoms with Crippen LogP contribution in [0.15, 0.2) is 47.4 Å². The number of anilines is 1. The zero-order chi connectivity index (χ0) is 17.0. The number of halogens is 5. The SMILES string of the molecule is O=C(CSc1ccccc1F)Nc1cc(C(F)(F)F)ccc1Cl. The van der Waals surface area contributed by atoms with Gasteiger partial charge >= 0.3 is 6.18 Å². The number of hydrogen-bond acceptors (Lipinski definition) is 2. The van der Waals surface area contributed by atoms with Crippen LogP contribution in [0.25, 0.3) is 0 Å². The van der Waals surface area contributed by atoms with Gasteiger partial charge in [-0.3, -0.25) is 4.79 Å². The molecule has 2 rings (SSSR count). The maximum absolute atomic E-state index is 13.4. The summed E-state index contributed by atoms with van der Waals surface area (Å²) in [4.78, 5) is 12.1. The fraction of sp³-hybridized carbons (Fsp3) is 0.133. The molecule has 0 unspecified atom stereocenters. The van der Waals surface area contributed by atoms with Gasteiger partial charge in [-0.05, 0) is 30.3 Å². The average Bonchev–Trinajstić information content (AvgIpc) is 2.47. The number of alkyl halides is 3. The zero-order valence-electron chi connectivity index (χ0n) is 11.5. The van der Waals surface area contributed by atoms with Gasteiger partial charge in [-0.15, -0.1) is 11.8 Å². The summed E-state index contributed by atoms with van der Waals surface area (Å²) in [5.41, 5.74) is -1.06. The topological polar surface area (TPSA) is 29.1 Å². The second-order valence-electron chi connectivity index (χ2n) is 4.46. The molecule has 2 nitrogen and oxygen atoms in total. The molecule has 2 aromatic rings. The van der Waals surface area contributed by atoms with Crippen molar-refractivity contribution in [2.75, 3.05) is 11.1 Å². The van der Waals surface area contributed by atoms with Crippen molar-refractivity contribution in [3.05, 3.63) is 58.9 Å². The number of benzene rings is 2. The number of carbonyl (C=O) groups excluding carboxylic acids is 1. The fourth-order valence-electron chi connectivity index (χ4n) is 1.69. The van der Waals surface area contributed by atoms with Gasteiger partial charge in [-0.25, -0.2) is 4.39 Å². The number of nitrogens with one attached hydrogen (secondary N) is 1. The minimum atomic E-state index is -4.54. The lowest BCUT2D eigenvalue weighted by molar-refractivity contribution is -0.137. The van der Waals surface area contributed by atoms with E-state index < -0.39 is 23.5 Å². The Balaban J connectivity index is 2.04. The number of carbonyl (C=O) groups is 1. The summed E-state index contributed by atoms with van der Waals surface area (Å²) in [6, 6.07) is 8.54. The zero-order valence-corrected chi connectivity index (χ0v) is 13.0. The van der Waals surface area contributed by atoms with Gasteiger partial charge in [0.25, 0.3) is 0 Å². The molecule has 0 fully saturated rings. The summed E-state index contributed by atoms with van der Waals surface area (Å²) in [5.74, 6) is -1.21. The molecule has 0 spiro atoms. The van der Waals surface area contributed by atoms with Crippen LogP contribution < -0.4 is 5.32 Å². The van der Waals surface area contributed by atoms with Gasteiger partial charge in [-0.1, -0.05) is 23.7 Å². The van der Waals surface area contributed by atoms with Crippen LogP contribution in [-0.4, -0.2) is 11.7 Å². The Hall–Kier alpha value is -1.73. The van der Waals surface area contributed by atoms with Crippen LogP contribution in [0.1, 0.15) is 5.56 Å². The van der Waals surface area contributed by atoms with E-state index in [2.05, 4.69) is 5.32 Å². The lowest BCUT2D eigenvalue weighted by atomic mass is 10.2. The monoisotopic (exact) mass is 363 g/mol. The Morgan fingerprint density at radius 1 is 1.17 bits per heavy atom. The van der Waals surface area contributed by atoms with Gasteiger partial charge in [0, 0.05) is 4.90 Å². The molecule has 0 aromatic heterocycles. The highest BCUT2D eigenvalue weighted by Gasteiger charge is 2.31. The minimum absolute atomic E-state index is 0.0118. The van der Waals surface area contributed by atoms with Gasteiger partial charge in [-0.2, -0.15) is 13.2 Å². The van der Waals surface area contributed by atoms with Crippen molar-refractivity contribution in [2.24, 2.45) is 0 Å². The summed E-state index contributed by atoms with van der Waals surface area (Å²) in [6.07, 6.45) is -4.54. The van der Waals surface area contributed by atoms with Crippen LogP contribution >= 0.6 is 23.4 Å². The average molecular weight is 364 g/mol. The molecule has 0 saturated carbocycles. The fourth-order valence-corrected chi connectivity index (χ4v) is 2.59. The van der Waals surface area contributed by atoms with E-state index in [1.54, 1.807) is 6.07 Å². The van der Waals surface area contributed by atoms with Gasteiger partial charge in [0.05, 0.1) is 22.0 Å². The van der Waals surface area contributed by atoms with Gasteiger partial charge in [0.15, 0.2) is 0 Å². The van der Waals surface area contributed by atoms with E-state index in [1.165, 1.54) is 18.2 Å². The van der Waals surface area contributed by atoms with E-state index in [4.69, 9.17) is 11.6 Å². The van der Waals surface area contributed by atoms with Gasteiger partial charge < -0.3 is 5.32 Å². The predicted octanol–water partition coefficient (Wildman–Crippen LogP) is 5.23. The van der Waals surface area contributed by atoms with Crippen LogP contribution in [0.3, 0.4) is 0 Å². The van der Waals surface area contributed by atoms with E-state index >= 15 is 0 Å². The lowest BCUT2D eigenvalue weighted by Crippen LogP contribution is -2.15. The Kier molecular flexibility index (Phi) is 5.54. The first kappa shape index (κ1) is 17.6. The van der Waals surface area contributed by atoms with E-state index in [0.717, 1.165) is 30.0 Å². The first-order valence-electron chi connectivity index (χ1n) is 6.31. The molecule has 0 aliphatic carbocycles. The third-order valence-corrected chi connectivity index (χ3v) is 4.14. The highest BCUT2D eigenvalue weighted by atomic mass is 35.5. The van der Waals surface area contributed by atoms with Crippen molar-refractivity contribution in [2.45, 2.75) is 11.1 Å². The molecule has 8 heteroatoms. The van der Waals surface area contributed by atoms with Crippen molar-refractivity contribution in [1.29, 1.82) is 0 Å². The second kappa shape index (κ2) is 7.23. The third kappa shape index (κ3) is 4.87. The Bertz CT molecular complexity index is 721. The molecule has 0 aliphatic rings. The lowest BCUT2D eigenvalue weighted by Gasteiger charge is -2.11. The van der Waals surface area contributed by atoms with E-state index in [-0.39, 0.29) is 21.4 Å². The molecule has 23 heavy (non-hydrogen) atoms. The van der Waals surface area contributed by atoms with Gasteiger partial charge in [0.1, 0.15) is 5.82 Å². The molecule has 0 radical (unpaired) electrons. The summed E-state index contributed by atoms with van der Waals surface area (Å²) < 4.78 is 51.4. The first-order valence-corrected chi connectivity index (χ1v) is 7.67. The van der Waals surface area contributed by atoms with Crippen LogP contribution in [-0.2, 0) is 11.0 Å². The van der Waals surface area contributed by atoms with Crippen LogP contribution in [0.5, 0.6) is 0 Å². The Morgan fingerprint density at radius 3 is 2.52 bits per heavy atom. The molecular weight excluding hydrogens is 354 g/mol. The summed E-state index contributed by atoms with van der Waals surface area (Å²) in [6.45, 7) is 0.